The molecule has 6 nitrogen and oxygen atoms in total. The van der Waals surface area contributed by atoms with Crippen LogP contribution >= 0.6 is 0 Å². The second kappa shape index (κ2) is 6.65. The summed E-state index contributed by atoms with van der Waals surface area (Å²) in [5, 5.41) is 5.23. The molecule has 0 bridgehead atoms. The van der Waals surface area contributed by atoms with Crippen LogP contribution in [0.5, 0.6) is 0 Å². The Bertz CT molecular complexity index is 1000. The average molecular weight is 385 g/mol. The van der Waals surface area contributed by atoms with Gasteiger partial charge in [0.1, 0.15) is 0 Å². The topological polar surface area (TPSA) is 83.7 Å². The predicted octanol–water partition coefficient (Wildman–Crippen LogP) is 2.06. The number of nitrogens with zero attached hydrogens (tertiary/aromatic N) is 2. The summed E-state index contributed by atoms with van der Waals surface area (Å²) in [5.74, 6) is 0.0290. The molecule has 0 saturated heterocycles. The fourth-order valence-electron chi connectivity index (χ4n) is 4.18. The molecule has 0 saturated carbocycles. The summed E-state index contributed by atoms with van der Waals surface area (Å²) in [7, 11) is -3.75. The molecule has 2 aromatic rings. The Kier molecular flexibility index (Phi) is 4.44. The molecule has 0 radical (unpaired) electrons. The van der Waals surface area contributed by atoms with Crippen molar-refractivity contribution in [1.29, 1.82) is 0 Å². The monoisotopic (exact) mass is 385 g/mol. The lowest BCUT2D eigenvalue weighted by Gasteiger charge is -2.33. The summed E-state index contributed by atoms with van der Waals surface area (Å²) < 4.78 is 23.2. The number of carbonyl (C=O) groups is 1. The Balaban J connectivity index is 1.59. The van der Waals surface area contributed by atoms with Crippen LogP contribution in [0.3, 0.4) is 0 Å². The van der Waals surface area contributed by atoms with Gasteiger partial charge in [0.2, 0.25) is 15.9 Å². The number of para-hydroxylation sites is 1. The van der Waals surface area contributed by atoms with E-state index in [4.69, 9.17) is 5.14 Å². The van der Waals surface area contributed by atoms with Crippen molar-refractivity contribution in [2.24, 2.45) is 5.14 Å². The first-order valence-electron chi connectivity index (χ1n) is 9.15. The van der Waals surface area contributed by atoms with Crippen molar-refractivity contribution in [2.45, 2.75) is 37.1 Å². The fraction of sp³-hybridized carbons (Fsp3) is 0.350. The van der Waals surface area contributed by atoms with Crippen LogP contribution in [0, 0.1) is 0 Å². The van der Waals surface area contributed by atoms with E-state index in [2.05, 4.69) is 17.0 Å². The van der Waals surface area contributed by atoms with Gasteiger partial charge in [-0.2, -0.15) is 0 Å². The van der Waals surface area contributed by atoms with Crippen molar-refractivity contribution < 1.29 is 13.2 Å². The zero-order chi connectivity index (χ0) is 19.2. The van der Waals surface area contributed by atoms with Crippen LogP contribution in [0.25, 0.3) is 0 Å². The van der Waals surface area contributed by atoms with Crippen molar-refractivity contribution in [1.82, 2.24) is 0 Å². The van der Waals surface area contributed by atoms with Crippen LogP contribution in [0.4, 0.5) is 11.4 Å². The molecule has 2 aliphatic rings. The number of hydrogen-bond acceptors (Lipinski definition) is 4. The largest absolute Gasteiger partial charge is 0.362 e. The second-order valence-electron chi connectivity index (χ2n) is 7.31. The minimum atomic E-state index is -3.75. The molecule has 1 atom stereocenters. The highest BCUT2D eigenvalue weighted by Gasteiger charge is 2.33. The quantitative estimate of drug-likeness (QED) is 0.877. The Morgan fingerprint density at radius 2 is 1.93 bits per heavy atom. The summed E-state index contributed by atoms with van der Waals surface area (Å²) in [5.41, 5.74) is 4.05. The molecule has 0 aromatic heterocycles. The van der Waals surface area contributed by atoms with E-state index < -0.39 is 10.0 Å². The number of hydrogen-bond donors (Lipinski definition) is 1. The highest BCUT2D eigenvalue weighted by Crippen LogP contribution is 2.34. The van der Waals surface area contributed by atoms with Crippen molar-refractivity contribution in [3.63, 3.8) is 0 Å². The van der Waals surface area contributed by atoms with Crippen LogP contribution in [-0.2, 0) is 27.7 Å². The minimum Gasteiger partial charge on any atom is -0.362 e. The van der Waals surface area contributed by atoms with E-state index in [0.29, 0.717) is 13.0 Å². The highest BCUT2D eigenvalue weighted by molar-refractivity contribution is 7.89. The van der Waals surface area contributed by atoms with E-state index in [1.54, 1.807) is 17.0 Å². The molecule has 1 unspecified atom stereocenters. The van der Waals surface area contributed by atoms with E-state index in [9.17, 15) is 13.2 Å². The number of nitrogens with two attached hydrogens (primary N) is 1. The van der Waals surface area contributed by atoms with E-state index in [0.717, 1.165) is 36.3 Å². The number of fused-ring (bicyclic) bond motifs is 2. The summed E-state index contributed by atoms with van der Waals surface area (Å²) in [6, 6.07) is 13.0. The first kappa shape index (κ1) is 18.0. The molecule has 1 amide bonds. The molecule has 0 spiro atoms. The van der Waals surface area contributed by atoms with Crippen molar-refractivity contribution >= 4 is 27.3 Å². The van der Waals surface area contributed by atoms with Crippen molar-refractivity contribution in [3.05, 3.63) is 53.6 Å². The zero-order valence-corrected chi connectivity index (χ0v) is 16.1. The lowest BCUT2D eigenvalue weighted by molar-refractivity contribution is -0.117. The predicted molar refractivity (Wildman–Crippen MR) is 105 cm³/mol. The van der Waals surface area contributed by atoms with E-state index in [1.807, 2.05) is 19.1 Å². The summed E-state index contributed by atoms with van der Waals surface area (Å²) in [4.78, 5) is 17.1. The van der Waals surface area contributed by atoms with Gasteiger partial charge in [0, 0.05) is 24.0 Å². The number of anilines is 2. The molecule has 2 N–H and O–H groups in total. The summed E-state index contributed by atoms with van der Waals surface area (Å²) >= 11 is 0. The molecular formula is C20H23N3O3S. The molecule has 0 fully saturated rings. The van der Waals surface area contributed by atoms with Gasteiger partial charge < -0.3 is 9.80 Å². The van der Waals surface area contributed by atoms with Crippen LogP contribution in [0.1, 0.15) is 24.5 Å². The van der Waals surface area contributed by atoms with Gasteiger partial charge in [-0.25, -0.2) is 13.6 Å². The van der Waals surface area contributed by atoms with Gasteiger partial charge >= 0.3 is 0 Å². The van der Waals surface area contributed by atoms with E-state index in [-0.39, 0.29) is 16.8 Å². The molecule has 27 heavy (non-hydrogen) atoms. The first-order valence-corrected chi connectivity index (χ1v) is 10.7. The first-order chi connectivity index (χ1) is 12.8. The number of amides is 1. The molecule has 142 valence electrons. The zero-order valence-electron chi connectivity index (χ0n) is 15.3. The Morgan fingerprint density at radius 3 is 2.70 bits per heavy atom. The lowest BCUT2D eigenvalue weighted by Crippen LogP contribution is -2.44. The van der Waals surface area contributed by atoms with Gasteiger partial charge in [-0.15, -0.1) is 0 Å². The Labute approximate surface area is 159 Å². The maximum absolute atomic E-state index is 13.1. The smallest absolute Gasteiger partial charge is 0.246 e. The normalized spacial score (nSPS) is 19.0. The van der Waals surface area contributed by atoms with Crippen LogP contribution in [0.2, 0.25) is 0 Å². The number of carbonyl (C=O) groups excluding carboxylic acids is 1. The van der Waals surface area contributed by atoms with Crippen molar-refractivity contribution in [2.75, 3.05) is 22.9 Å². The van der Waals surface area contributed by atoms with E-state index in [1.165, 1.54) is 11.6 Å². The van der Waals surface area contributed by atoms with Gasteiger partial charge in [-0.05, 0) is 61.6 Å². The minimum absolute atomic E-state index is 0.0109. The maximum atomic E-state index is 13.1. The number of rotatable bonds is 3. The van der Waals surface area contributed by atoms with Crippen LogP contribution in [0.15, 0.2) is 47.4 Å². The third-order valence-corrected chi connectivity index (χ3v) is 6.31. The number of aryl methyl sites for hydroxylation is 1. The lowest BCUT2D eigenvalue weighted by atomic mass is 10.0. The molecule has 0 aliphatic carbocycles. The fourth-order valence-corrected chi connectivity index (χ4v) is 4.74. The van der Waals surface area contributed by atoms with Gasteiger partial charge in [0.05, 0.1) is 11.4 Å². The van der Waals surface area contributed by atoms with Crippen LogP contribution < -0.4 is 14.9 Å². The molecule has 4 rings (SSSR count). The molecular weight excluding hydrogens is 362 g/mol. The maximum Gasteiger partial charge on any atom is 0.246 e. The van der Waals surface area contributed by atoms with Gasteiger partial charge in [0.15, 0.2) is 0 Å². The summed E-state index contributed by atoms with van der Waals surface area (Å²) in [6.45, 7) is 3.17. The standard InChI is InChI=1S/C20H23N3O3S/c1-14-11-16-12-17(27(21,25)26)8-9-19(16)23(14)20(24)13-22-10-4-6-15-5-2-3-7-18(15)22/h2-3,5,7-9,12,14H,4,6,10-11,13H2,1H3,(H2,21,25,26). The molecule has 2 heterocycles. The summed E-state index contributed by atoms with van der Waals surface area (Å²) in [6.07, 6.45) is 2.70. The number of benzene rings is 2. The molecule has 2 aliphatic heterocycles. The van der Waals surface area contributed by atoms with E-state index >= 15 is 0 Å². The Morgan fingerprint density at radius 1 is 1.15 bits per heavy atom. The average Bonchev–Trinajstić information content (AvgIpc) is 2.96. The SMILES string of the molecule is CC1Cc2cc(S(N)(=O)=O)ccc2N1C(=O)CN1CCCc2ccccc21. The third-order valence-electron chi connectivity index (χ3n) is 5.40. The number of sulfonamides is 1. The van der Waals surface area contributed by atoms with Gasteiger partial charge in [0.25, 0.3) is 0 Å². The molecule has 2 aromatic carbocycles. The van der Waals surface area contributed by atoms with Gasteiger partial charge in [-0.3, -0.25) is 4.79 Å². The molecule has 7 heteroatoms. The second-order valence-corrected chi connectivity index (χ2v) is 8.87. The van der Waals surface area contributed by atoms with Crippen molar-refractivity contribution in [3.8, 4) is 0 Å². The Hall–Kier alpha value is -2.38. The van der Waals surface area contributed by atoms with Gasteiger partial charge in [-0.1, -0.05) is 18.2 Å². The number of primary sulfonamides is 1. The highest BCUT2D eigenvalue weighted by atomic mass is 32.2. The van der Waals surface area contributed by atoms with Crippen LogP contribution in [-0.4, -0.2) is 33.5 Å². The third kappa shape index (κ3) is 3.33.